The second-order valence-corrected chi connectivity index (χ2v) is 22.1. The molecule has 0 aliphatic carbocycles. The molecule has 454 valence electrons. The van der Waals surface area contributed by atoms with Crippen molar-refractivity contribution >= 4 is 69.1 Å². The Morgan fingerprint density at radius 1 is 0.322 bits per heavy atom. The van der Waals surface area contributed by atoms with Gasteiger partial charge in [-0.25, -0.2) is 14.4 Å². The molecule has 10 aromatic carbocycles. The van der Waals surface area contributed by atoms with Crippen LogP contribution in [0, 0.1) is 27.7 Å². The second kappa shape index (κ2) is 32.8. The fourth-order valence-electron chi connectivity index (χ4n) is 9.66. The Hall–Kier alpha value is -10.8. The standard InChI is InChI=1S/C30H27NO2.C26H27NO2.C25H25NO2/c1-23(2)30(32)33-22-21-24-13-17-28(18-14-24)31(27-11-7-4-8-12-27)29-19-15-26(16-20-29)25-9-5-3-6-10-25;1-19(2)26(28)29-18-17-22-9-15-25(16-10-22)27(23-11-5-20(3)6-12-23)24-13-7-21(4)8-14-24;1-4-25(27)28-18-17-21-9-15-24(16-10-21)26(22-11-5-19(2)6-12-22)23-13-7-20(3)8-14-23/h3-20H,1,21-22H2,2H3;5-16H,1,17-18H2,2-4H3;4-16H,1,17-18H2,2-3H3. The average Bonchev–Trinajstić information content (AvgIpc) is 3.60. The largest absolute Gasteiger partial charge is 0.462 e. The summed E-state index contributed by atoms with van der Waals surface area (Å²) in [5, 5.41) is 0. The van der Waals surface area contributed by atoms with Crippen molar-refractivity contribution in [3.05, 3.63) is 331 Å². The van der Waals surface area contributed by atoms with Crippen molar-refractivity contribution in [1.29, 1.82) is 0 Å². The van der Waals surface area contributed by atoms with Crippen molar-refractivity contribution in [2.45, 2.75) is 60.8 Å². The Balaban J connectivity index is 0.000000175. The molecule has 0 amide bonds. The molecule has 10 aromatic rings. The molecule has 0 N–H and O–H groups in total. The van der Waals surface area contributed by atoms with E-state index in [1.54, 1.807) is 13.8 Å². The number of ether oxygens (including phenoxy) is 3. The Labute approximate surface area is 532 Å². The van der Waals surface area contributed by atoms with Crippen molar-refractivity contribution in [3.63, 3.8) is 0 Å². The minimum atomic E-state index is -0.387. The summed E-state index contributed by atoms with van der Waals surface area (Å²) >= 11 is 0. The maximum Gasteiger partial charge on any atom is 0.333 e. The molecule has 0 bridgehead atoms. The first kappa shape index (κ1) is 65.2. The van der Waals surface area contributed by atoms with E-state index in [1.807, 2.05) is 24.3 Å². The van der Waals surface area contributed by atoms with Crippen LogP contribution in [-0.4, -0.2) is 37.7 Å². The maximum absolute atomic E-state index is 11.6. The Kier molecular flexibility index (Phi) is 23.8. The highest BCUT2D eigenvalue weighted by Gasteiger charge is 2.16. The molecule has 0 heterocycles. The Morgan fingerprint density at radius 2 is 0.556 bits per heavy atom. The van der Waals surface area contributed by atoms with Crippen LogP contribution in [0.5, 0.6) is 0 Å². The van der Waals surface area contributed by atoms with Crippen LogP contribution in [0.1, 0.15) is 52.8 Å². The van der Waals surface area contributed by atoms with Gasteiger partial charge in [-0.15, -0.1) is 0 Å². The molecular weight excluding hydrogens is 1110 g/mol. The number of para-hydroxylation sites is 1. The van der Waals surface area contributed by atoms with Crippen LogP contribution in [0.25, 0.3) is 11.1 Å². The molecular formula is C81H79N3O6. The number of hydrogen-bond acceptors (Lipinski definition) is 9. The topological polar surface area (TPSA) is 88.6 Å². The maximum atomic E-state index is 11.6. The second-order valence-electron chi connectivity index (χ2n) is 22.1. The van der Waals surface area contributed by atoms with Crippen LogP contribution in [0.2, 0.25) is 0 Å². The van der Waals surface area contributed by atoms with Gasteiger partial charge in [-0.05, 0) is 179 Å². The summed E-state index contributed by atoms with van der Waals surface area (Å²) in [5.74, 6) is -1.08. The number of nitrogens with zero attached hydrogens (tertiary/aromatic N) is 3. The quantitative estimate of drug-likeness (QED) is 0.0374. The number of carbonyl (C=O) groups is 3. The first-order chi connectivity index (χ1) is 43.6. The van der Waals surface area contributed by atoms with Crippen molar-refractivity contribution in [1.82, 2.24) is 0 Å². The zero-order chi connectivity index (χ0) is 63.8. The lowest BCUT2D eigenvalue weighted by atomic mass is 10.0. The molecule has 9 nitrogen and oxygen atoms in total. The summed E-state index contributed by atoms with van der Waals surface area (Å²) in [6.07, 6.45) is 3.20. The third kappa shape index (κ3) is 19.1. The Bertz CT molecular complexity index is 3830. The first-order valence-electron chi connectivity index (χ1n) is 30.2. The molecule has 90 heavy (non-hydrogen) atoms. The van der Waals surface area contributed by atoms with Gasteiger partial charge in [0.15, 0.2) is 0 Å². The summed E-state index contributed by atoms with van der Waals surface area (Å²) in [7, 11) is 0. The normalized spacial score (nSPS) is 10.4. The summed E-state index contributed by atoms with van der Waals surface area (Å²) in [4.78, 5) is 41.0. The lowest BCUT2D eigenvalue weighted by Crippen LogP contribution is -2.10. The van der Waals surface area contributed by atoms with Gasteiger partial charge in [0.2, 0.25) is 0 Å². The van der Waals surface area contributed by atoms with Gasteiger partial charge < -0.3 is 28.9 Å². The number of anilines is 9. The third-order valence-corrected chi connectivity index (χ3v) is 14.7. The summed E-state index contributed by atoms with van der Waals surface area (Å²) in [6, 6.07) is 88.5. The van der Waals surface area contributed by atoms with Crippen LogP contribution < -0.4 is 14.7 Å². The summed E-state index contributed by atoms with van der Waals surface area (Å²) < 4.78 is 15.5. The molecule has 10 rings (SSSR count). The van der Waals surface area contributed by atoms with E-state index in [0.717, 1.165) is 67.9 Å². The van der Waals surface area contributed by atoms with E-state index in [2.05, 4.69) is 293 Å². The number of benzene rings is 10. The van der Waals surface area contributed by atoms with E-state index in [1.165, 1.54) is 39.5 Å². The van der Waals surface area contributed by atoms with Crippen molar-refractivity contribution in [2.75, 3.05) is 34.5 Å². The lowest BCUT2D eigenvalue weighted by Gasteiger charge is -2.26. The molecule has 0 saturated heterocycles. The van der Waals surface area contributed by atoms with Gasteiger partial charge >= 0.3 is 17.9 Å². The van der Waals surface area contributed by atoms with Gasteiger partial charge in [0.05, 0.1) is 19.8 Å². The predicted octanol–water partition coefficient (Wildman–Crippen LogP) is 20.0. The fraction of sp³-hybridized carbons (Fsp3) is 0.148. The smallest absolute Gasteiger partial charge is 0.333 e. The zero-order valence-corrected chi connectivity index (χ0v) is 52.5. The van der Waals surface area contributed by atoms with E-state index < -0.39 is 0 Å². The third-order valence-electron chi connectivity index (χ3n) is 14.7. The van der Waals surface area contributed by atoms with Crippen LogP contribution in [0.4, 0.5) is 51.2 Å². The summed E-state index contributed by atoms with van der Waals surface area (Å²) in [5.41, 5.74) is 21.4. The van der Waals surface area contributed by atoms with E-state index in [4.69, 9.17) is 14.2 Å². The number of esters is 3. The van der Waals surface area contributed by atoms with Gasteiger partial charge in [-0.2, -0.15) is 0 Å². The van der Waals surface area contributed by atoms with Gasteiger partial charge in [0.25, 0.3) is 0 Å². The van der Waals surface area contributed by atoms with Gasteiger partial charge in [0.1, 0.15) is 0 Å². The molecule has 0 saturated carbocycles. The van der Waals surface area contributed by atoms with Crippen LogP contribution in [0.3, 0.4) is 0 Å². The summed E-state index contributed by atoms with van der Waals surface area (Å²) in [6.45, 7) is 23.3. The fourth-order valence-corrected chi connectivity index (χ4v) is 9.66. The SMILES string of the molecule is C=C(C)C(=O)OCCc1ccc(N(c2ccc(C)cc2)c2ccc(C)cc2)cc1.C=C(C)C(=O)OCCc1ccc(N(c2ccccc2)c2ccc(-c3ccccc3)cc2)cc1.C=CC(=O)OCCc1ccc(N(c2ccc(C)cc2)c2ccc(C)cc2)cc1. The van der Waals surface area contributed by atoms with Gasteiger partial charge in [-0.1, -0.05) is 188 Å². The lowest BCUT2D eigenvalue weighted by molar-refractivity contribution is -0.139. The first-order valence-corrected chi connectivity index (χ1v) is 30.2. The zero-order valence-electron chi connectivity index (χ0n) is 52.5. The molecule has 0 fully saturated rings. The van der Waals surface area contributed by atoms with Crippen molar-refractivity contribution in [3.8, 4) is 11.1 Å². The highest BCUT2D eigenvalue weighted by atomic mass is 16.5. The molecule has 0 unspecified atom stereocenters. The average molecular weight is 1190 g/mol. The van der Waals surface area contributed by atoms with E-state index >= 15 is 0 Å². The molecule has 0 aliphatic rings. The molecule has 0 spiro atoms. The van der Waals surface area contributed by atoms with E-state index in [-0.39, 0.29) is 17.9 Å². The Morgan fingerprint density at radius 3 is 0.833 bits per heavy atom. The molecule has 0 radical (unpaired) electrons. The highest BCUT2D eigenvalue weighted by Crippen LogP contribution is 2.38. The van der Waals surface area contributed by atoms with Gasteiger partial charge in [-0.3, -0.25) is 0 Å². The minimum Gasteiger partial charge on any atom is -0.462 e. The van der Waals surface area contributed by atoms with Crippen molar-refractivity contribution in [2.24, 2.45) is 0 Å². The monoisotopic (exact) mass is 1190 g/mol. The number of rotatable bonds is 22. The minimum absolute atomic E-state index is 0.341. The van der Waals surface area contributed by atoms with Crippen LogP contribution >= 0.6 is 0 Å². The van der Waals surface area contributed by atoms with Gasteiger partial charge in [0, 0.05) is 87.7 Å². The molecule has 0 atom stereocenters. The molecule has 9 heteroatoms. The number of carbonyl (C=O) groups excluding carboxylic acids is 3. The predicted molar refractivity (Wildman–Crippen MR) is 372 cm³/mol. The van der Waals surface area contributed by atoms with E-state index in [0.29, 0.717) is 50.2 Å². The van der Waals surface area contributed by atoms with Crippen molar-refractivity contribution < 1.29 is 28.6 Å². The highest BCUT2D eigenvalue weighted by molar-refractivity contribution is 5.87. The van der Waals surface area contributed by atoms with Crippen LogP contribution in [0.15, 0.2) is 292 Å². The molecule has 0 aromatic heterocycles. The molecule has 0 aliphatic heterocycles. The van der Waals surface area contributed by atoms with Crippen LogP contribution in [-0.2, 0) is 47.9 Å². The number of aryl methyl sites for hydroxylation is 4. The number of hydrogen-bond donors (Lipinski definition) is 0. The van der Waals surface area contributed by atoms with E-state index in [9.17, 15) is 14.4 Å².